The van der Waals surface area contributed by atoms with Gasteiger partial charge in [0.05, 0.1) is 12.6 Å². The highest BCUT2D eigenvalue weighted by molar-refractivity contribution is 5.97. The summed E-state index contributed by atoms with van der Waals surface area (Å²) in [5.74, 6) is 0.950. The van der Waals surface area contributed by atoms with Crippen molar-refractivity contribution in [1.29, 1.82) is 0 Å². The molecule has 0 saturated heterocycles. The van der Waals surface area contributed by atoms with Crippen LogP contribution in [0.15, 0.2) is 59.7 Å². The van der Waals surface area contributed by atoms with Gasteiger partial charge in [-0.25, -0.2) is 0 Å². The minimum Gasteiger partial charge on any atom is -0.497 e. The summed E-state index contributed by atoms with van der Waals surface area (Å²) in [5, 5.41) is 6.74. The molecule has 0 aliphatic carbocycles. The maximum atomic E-state index is 12.2. The zero-order chi connectivity index (χ0) is 19.0. The highest BCUT2D eigenvalue weighted by Crippen LogP contribution is 2.34. The van der Waals surface area contributed by atoms with Crippen LogP contribution in [0.25, 0.3) is 10.9 Å². The highest BCUT2D eigenvalue weighted by Gasteiger charge is 2.34. The highest BCUT2D eigenvalue weighted by atomic mass is 16.5. The zero-order valence-corrected chi connectivity index (χ0v) is 15.3. The standard InChI is InChI=1S/C21H19N3O3/c1-13-12-18(17-6-4-5-7-19(17)22-13)21-24(14(2)25)23-20(27-21)15-8-10-16(26-3)11-9-15/h4-12,21H,1-3H3/t21-/m0/s1. The van der Waals surface area contributed by atoms with Crippen LogP contribution in [0.4, 0.5) is 0 Å². The van der Waals surface area contributed by atoms with Gasteiger partial charge in [-0.15, -0.1) is 5.10 Å². The Labute approximate surface area is 157 Å². The van der Waals surface area contributed by atoms with Crippen molar-refractivity contribution < 1.29 is 14.3 Å². The van der Waals surface area contributed by atoms with E-state index in [0.29, 0.717) is 5.90 Å². The maximum absolute atomic E-state index is 12.2. The van der Waals surface area contributed by atoms with Gasteiger partial charge in [0.25, 0.3) is 0 Å². The third-order valence-electron chi connectivity index (χ3n) is 4.45. The van der Waals surface area contributed by atoms with Gasteiger partial charge in [-0.3, -0.25) is 9.78 Å². The number of ether oxygens (including phenoxy) is 2. The van der Waals surface area contributed by atoms with Crippen LogP contribution in [0.3, 0.4) is 0 Å². The molecule has 0 unspecified atom stereocenters. The number of amides is 1. The van der Waals surface area contributed by atoms with Gasteiger partial charge < -0.3 is 9.47 Å². The molecule has 2 aromatic carbocycles. The lowest BCUT2D eigenvalue weighted by atomic mass is 10.1. The number of hydrogen-bond donors (Lipinski definition) is 0. The summed E-state index contributed by atoms with van der Waals surface area (Å²) in [6, 6.07) is 17.1. The largest absolute Gasteiger partial charge is 0.497 e. The number of hydrazone groups is 1. The number of rotatable bonds is 3. The molecule has 1 aromatic heterocycles. The van der Waals surface area contributed by atoms with Crippen molar-refractivity contribution in [2.24, 2.45) is 5.10 Å². The Morgan fingerprint density at radius 3 is 2.59 bits per heavy atom. The Morgan fingerprint density at radius 1 is 1.15 bits per heavy atom. The Bertz CT molecular complexity index is 1040. The Balaban J connectivity index is 1.77. The fraction of sp³-hybridized carbons (Fsp3) is 0.190. The van der Waals surface area contributed by atoms with Gasteiger partial charge in [0.1, 0.15) is 5.75 Å². The number of fused-ring (bicyclic) bond motifs is 1. The van der Waals surface area contributed by atoms with Crippen molar-refractivity contribution in [3.63, 3.8) is 0 Å². The predicted molar refractivity (Wildman–Crippen MR) is 102 cm³/mol. The molecule has 1 amide bonds. The second kappa shape index (κ2) is 6.72. The predicted octanol–water partition coefficient (Wildman–Crippen LogP) is 3.79. The fourth-order valence-corrected chi connectivity index (χ4v) is 3.16. The lowest BCUT2D eigenvalue weighted by molar-refractivity contribution is -0.135. The van der Waals surface area contributed by atoms with E-state index in [-0.39, 0.29) is 5.91 Å². The van der Waals surface area contributed by atoms with Crippen LogP contribution in [-0.2, 0) is 9.53 Å². The molecule has 0 radical (unpaired) electrons. The summed E-state index contributed by atoms with van der Waals surface area (Å²) in [6.07, 6.45) is -0.633. The molecule has 0 spiro atoms. The first-order valence-electron chi connectivity index (χ1n) is 8.62. The van der Waals surface area contributed by atoms with E-state index in [4.69, 9.17) is 9.47 Å². The Kier molecular flexibility index (Phi) is 4.24. The van der Waals surface area contributed by atoms with Crippen LogP contribution < -0.4 is 4.74 Å². The van der Waals surface area contributed by atoms with Crippen LogP contribution in [0.1, 0.15) is 30.0 Å². The van der Waals surface area contributed by atoms with Crippen molar-refractivity contribution >= 4 is 22.7 Å². The van der Waals surface area contributed by atoms with Gasteiger partial charge in [0, 0.05) is 29.1 Å². The van der Waals surface area contributed by atoms with E-state index in [9.17, 15) is 4.79 Å². The first-order valence-corrected chi connectivity index (χ1v) is 8.62. The summed E-state index contributed by atoms with van der Waals surface area (Å²) in [6.45, 7) is 3.40. The molecule has 0 bridgehead atoms. The van der Waals surface area contributed by atoms with Crippen molar-refractivity contribution in [3.05, 3.63) is 71.4 Å². The van der Waals surface area contributed by atoms with Crippen molar-refractivity contribution in [2.75, 3.05) is 7.11 Å². The minimum atomic E-state index is -0.633. The second-order valence-corrected chi connectivity index (χ2v) is 6.34. The summed E-state index contributed by atoms with van der Waals surface area (Å²) < 4.78 is 11.3. The van der Waals surface area contributed by atoms with E-state index in [1.54, 1.807) is 7.11 Å². The number of aryl methyl sites for hydroxylation is 1. The van der Waals surface area contributed by atoms with Gasteiger partial charge in [-0.1, -0.05) is 18.2 Å². The van der Waals surface area contributed by atoms with Crippen molar-refractivity contribution in [1.82, 2.24) is 9.99 Å². The topological polar surface area (TPSA) is 64.0 Å². The van der Waals surface area contributed by atoms with Gasteiger partial charge in [-0.2, -0.15) is 5.01 Å². The van der Waals surface area contributed by atoms with E-state index in [1.165, 1.54) is 11.9 Å². The van der Waals surface area contributed by atoms with E-state index in [2.05, 4.69) is 10.1 Å². The van der Waals surface area contributed by atoms with Gasteiger partial charge >= 0.3 is 0 Å². The van der Waals surface area contributed by atoms with Gasteiger partial charge in [0.15, 0.2) is 0 Å². The number of methoxy groups -OCH3 is 1. The number of aromatic nitrogens is 1. The average molecular weight is 361 g/mol. The normalized spacial score (nSPS) is 16.2. The molecular weight excluding hydrogens is 342 g/mol. The number of pyridine rings is 1. The third-order valence-corrected chi connectivity index (χ3v) is 4.45. The summed E-state index contributed by atoms with van der Waals surface area (Å²) in [4.78, 5) is 16.8. The molecular formula is C21H19N3O3. The lowest BCUT2D eigenvalue weighted by Gasteiger charge is -2.21. The number of benzene rings is 2. The van der Waals surface area contributed by atoms with Gasteiger partial charge in [0.2, 0.25) is 18.0 Å². The lowest BCUT2D eigenvalue weighted by Crippen LogP contribution is -2.25. The molecule has 27 heavy (non-hydrogen) atoms. The molecule has 4 rings (SSSR count). The fourth-order valence-electron chi connectivity index (χ4n) is 3.16. The summed E-state index contributed by atoms with van der Waals surface area (Å²) in [5.41, 5.74) is 3.35. The first-order chi connectivity index (χ1) is 13.1. The molecule has 0 fully saturated rings. The zero-order valence-electron chi connectivity index (χ0n) is 15.3. The Morgan fingerprint density at radius 2 is 1.89 bits per heavy atom. The van der Waals surface area contributed by atoms with Crippen LogP contribution in [0.2, 0.25) is 0 Å². The molecule has 2 heterocycles. The molecule has 1 aliphatic heterocycles. The molecule has 1 aliphatic rings. The number of hydrogen-bond acceptors (Lipinski definition) is 5. The monoisotopic (exact) mass is 361 g/mol. The number of nitrogens with zero attached hydrogens (tertiary/aromatic N) is 3. The maximum Gasteiger partial charge on any atom is 0.243 e. The van der Waals surface area contributed by atoms with Gasteiger partial charge in [-0.05, 0) is 43.3 Å². The molecule has 0 N–H and O–H groups in total. The molecule has 3 aromatic rings. The van der Waals surface area contributed by atoms with Crippen molar-refractivity contribution in [2.45, 2.75) is 20.1 Å². The summed E-state index contributed by atoms with van der Waals surface area (Å²) >= 11 is 0. The Hall–Kier alpha value is -3.41. The van der Waals surface area contributed by atoms with E-state index >= 15 is 0 Å². The van der Waals surface area contributed by atoms with E-state index in [1.807, 2.05) is 61.5 Å². The van der Waals surface area contributed by atoms with Crippen LogP contribution in [0.5, 0.6) is 5.75 Å². The summed E-state index contributed by atoms with van der Waals surface area (Å²) in [7, 11) is 1.61. The second-order valence-electron chi connectivity index (χ2n) is 6.34. The SMILES string of the molecule is COc1ccc(C2=NN(C(C)=O)[C@H](c3cc(C)nc4ccccc34)O2)cc1. The average Bonchev–Trinajstić information content (AvgIpc) is 3.13. The van der Waals surface area contributed by atoms with E-state index in [0.717, 1.165) is 33.5 Å². The van der Waals surface area contributed by atoms with Crippen LogP contribution in [-0.4, -0.2) is 28.9 Å². The van der Waals surface area contributed by atoms with E-state index < -0.39 is 6.23 Å². The molecule has 6 heteroatoms. The molecule has 6 nitrogen and oxygen atoms in total. The molecule has 0 saturated carbocycles. The molecule has 136 valence electrons. The molecule has 1 atom stereocenters. The smallest absolute Gasteiger partial charge is 0.243 e. The van der Waals surface area contributed by atoms with Crippen molar-refractivity contribution in [3.8, 4) is 5.75 Å². The number of para-hydroxylation sites is 1. The van der Waals surface area contributed by atoms with Crippen LogP contribution >= 0.6 is 0 Å². The van der Waals surface area contributed by atoms with Crippen LogP contribution in [0, 0.1) is 6.92 Å². The minimum absolute atomic E-state index is 0.193. The first kappa shape index (κ1) is 17.0. The number of carbonyl (C=O) groups is 1. The quantitative estimate of drug-likeness (QED) is 0.712. The number of carbonyl (C=O) groups excluding carboxylic acids is 1. The third kappa shape index (κ3) is 3.10.